The van der Waals surface area contributed by atoms with Gasteiger partial charge in [0.1, 0.15) is 5.69 Å². The van der Waals surface area contributed by atoms with Gasteiger partial charge in [0.2, 0.25) is 0 Å². The Labute approximate surface area is 109 Å². The number of carbonyl (C=O) groups excluding carboxylic acids is 1. The van der Waals surface area contributed by atoms with Crippen LogP contribution in [-0.4, -0.2) is 18.1 Å². The van der Waals surface area contributed by atoms with E-state index < -0.39 is 0 Å². The van der Waals surface area contributed by atoms with Crippen LogP contribution in [0.25, 0.3) is 0 Å². The third-order valence-electron chi connectivity index (χ3n) is 2.26. The summed E-state index contributed by atoms with van der Waals surface area (Å²) >= 11 is 1.57. The summed E-state index contributed by atoms with van der Waals surface area (Å²) in [7, 11) is 1.36. The lowest BCUT2D eigenvalue weighted by molar-refractivity contribution is 0.0601. The Morgan fingerprint density at radius 2 is 2.00 bits per heavy atom. The third kappa shape index (κ3) is 2.96. The van der Waals surface area contributed by atoms with Crippen LogP contribution in [0, 0.1) is 18.8 Å². The lowest BCUT2D eigenvalue weighted by atomic mass is 10.1. The van der Waals surface area contributed by atoms with Crippen molar-refractivity contribution < 1.29 is 9.53 Å². The van der Waals surface area contributed by atoms with Crippen molar-refractivity contribution in [2.45, 2.75) is 6.92 Å². The van der Waals surface area contributed by atoms with E-state index >= 15 is 0 Å². The van der Waals surface area contributed by atoms with E-state index in [-0.39, 0.29) is 5.97 Å². The zero-order valence-corrected chi connectivity index (χ0v) is 10.9. The van der Waals surface area contributed by atoms with Gasteiger partial charge < -0.3 is 4.74 Å². The van der Waals surface area contributed by atoms with Gasteiger partial charge in [-0.1, -0.05) is 5.92 Å². The molecule has 0 radical (unpaired) electrons. The van der Waals surface area contributed by atoms with Crippen molar-refractivity contribution in [1.82, 2.24) is 4.98 Å². The highest BCUT2D eigenvalue weighted by Crippen LogP contribution is 2.08. The molecule has 0 aliphatic rings. The summed E-state index contributed by atoms with van der Waals surface area (Å²) in [5.74, 6) is 5.64. The van der Waals surface area contributed by atoms with Crippen LogP contribution in [0.1, 0.15) is 26.6 Å². The van der Waals surface area contributed by atoms with E-state index in [1.807, 2.05) is 12.3 Å². The zero-order valence-electron chi connectivity index (χ0n) is 10.1. The maximum Gasteiger partial charge on any atom is 0.337 e. The minimum absolute atomic E-state index is 0.343. The van der Waals surface area contributed by atoms with Gasteiger partial charge in [0.05, 0.1) is 17.7 Å². The Morgan fingerprint density at radius 1 is 1.28 bits per heavy atom. The van der Waals surface area contributed by atoms with Gasteiger partial charge in [-0.15, -0.1) is 11.3 Å². The van der Waals surface area contributed by atoms with Crippen LogP contribution in [0.4, 0.5) is 0 Å². The van der Waals surface area contributed by atoms with Gasteiger partial charge in [-0.25, -0.2) is 9.78 Å². The van der Waals surface area contributed by atoms with E-state index in [9.17, 15) is 4.79 Å². The number of nitrogens with zero attached hydrogens (tertiary/aromatic N) is 1. The molecule has 4 heteroatoms. The normalized spacial score (nSPS) is 9.44. The highest BCUT2D eigenvalue weighted by molar-refractivity contribution is 7.09. The number of rotatable bonds is 1. The first-order valence-corrected chi connectivity index (χ1v) is 6.19. The van der Waals surface area contributed by atoms with E-state index in [0.29, 0.717) is 5.56 Å². The molecule has 2 aromatic rings. The number of aryl methyl sites for hydroxylation is 1. The van der Waals surface area contributed by atoms with Gasteiger partial charge >= 0.3 is 5.97 Å². The molecule has 1 heterocycles. The van der Waals surface area contributed by atoms with Crippen molar-refractivity contribution >= 4 is 17.3 Å². The Kier molecular flexibility index (Phi) is 3.75. The zero-order chi connectivity index (χ0) is 13.0. The molecule has 0 unspecified atom stereocenters. The molecule has 1 aromatic carbocycles. The first-order valence-electron chi connectivity index (χ1n) is 5.31. The fourth-order valence-corrected chi connectivity index (χ4v) is 1.91. The molecule has 0 aliphatic carbocycles. The number of aromatic nitrogens is 1. The number of hydrogen-bond donors (Lipinski definition) is 0. The molecule has 0 amide bonds. The van der Waals surface area contributed by atoms with E-state index in [2.05, 4.69) is 21.6 Å². The summed E-state index contributed by atoms with van der Waals surface area (Å²) in [6.07, 6.45) is 0. The summed E-state index contributed by atoms with van der Waals surface area (Å²) in [6, 6.07) is 6.97. The lowest BCUT2D eigenvalue weighted by Crippen LogP contribution is -2.00. The van der Waals surface area contributed by atoms with E-state index in [1.54, 1.807) is 35.6 Å². The molecule has 90 valence electrons. The molecule has 0 bridgehead atoms. The topological polar surface area (TPSA) is 39.2 Å². The Balaban J connectivity index is 2.16. The smallest absolute Gasteiger partial charge is 0.337 e. The molecule has 3 nitrogen and oxygen atoms in total. The second-order valence-corrected chi connectivity index (χ2v) is 4.63. The third-order valence-corrected chi connectivity index (χ3v) is 3.03. The van der Waals surface area contributed by atoms with Crippen molar-refractivity contribution in [2.75, 3.05) is 7.11 Å². The fourth-order valence-electron chi connectivity index (χ4n) is 1.36. The number of ether oxygens (including phenoxy) is 1. The van der Waals surface area contributed by atoms with E-state index in [0.717, 1.165) is 16.3 Å². The molecule has 18 heavy (non-hydrogen) atoms. The first kappa shape index (κ1) is 12.3. The molecule has 0 aliphatic heterocycles. The quantitative estimate of drug-likeness (QED) is 0.582. The maximum absolute atomic E-state index is 11.2. The molecule has 0 saturated heterocycles. The molecule has 0 N–H and O–H groups in total. The molecule has 0 fully saturated rings. The number of benzene rings is 1. The first-order chi connectivity index (χ1) is 8.69. The Hall–Kier alpha value is -2.12. The SMILES string of the molecule is COC(=O)c1ccc(C#Cc2csc(C)n2)cc1. The average molecular weight is 257 g/mol. The minimum Gasteiger partial charge on any atom is -0.465 e. The molecule has 2 rings (SSSR count). The van der Waals surface area contributed by atoms with Crippen molar-refractivity contribution in [3.63, 3.8) is 0 Å². The van der Waals surface area contributed by atoms with Crippen LogP contribution in [-0.2, 0) is 4.74 Å². The van der Waals surface area contributed by atoms with E-state index in [4.69, 9.17) is 0 Å². The Bertz CT molecular complexity index is 617. The molecular weight excluding hydrogens is 246 g/mol. The average Bonchev–Trinajstić information content (AvgIpc) is 2.82. The number of hydrogen-bond acceptors (Lipinski definition) is 4. The molecule has 0 saturated carbocycles. The van der Waals surface area contributed by atoms with Crippen molar-refractivity contribution in [1.29, 1.82) is 0 Å². The van der Waals surface area contributed by atoms with Crippen molar-refractivity contribution in [3.05, 3.63) is 51.5 Å². The largest absolute Gasteiger partial charge is 0.465 e. The summed E-state index contributed by atoms with van der Waals surface area (Å²) < 4.78 is 4.62. The number of methoxy groups -OCH3 is 1. The lowest BCUT2D eigenvalue weighted by Gasteiger charge is -1.97. The summed E-state index contributed by atoms with van der Waals surface area (Å²) in [5.41, 5.74) is 2.13. The predicted molar refractivity (Wildman–Crippen MR) is 70.6 cm³/mol. The molecule has 0 spiro atoms. The highest BCUT2D eigenvalue weighted by Gasteiger charge is 2.03. The molecule has 1 aromatic heterocycles. The predicted octanol–water partition coefficient (Wildman–Crippen LogP) is 2.64. The monoisotopic (exact) mass is 257 g/mol. The summed E-state index contributed by atoms with van der Waals surface area (Å²) in [5, 5.41) is 2.92. The van der Waals surface area contributed by atoms with Crippen LogP contribution in [0.5, 0.6) is 0 Å². The standard InChI is InChI=1S/C14H11NO2S/c1-10-15-13(9-18-10)8-5-11-3-6-12(7-4-11)14(16)17-2/h3-4,6-7,9H,1-2H3. The number of esters is 1. The summed E-state index contributed by atoms with van der Waals surface area (Å²) in [6.45, 7) is 1.95. The van der Waals surface area contributed by atoms with Gasteiger partial charge in [-0.2, -0.15) is 0 Å². The second kappa shape index (κ2) is 5.48. The van der Waals surface area contributed by atoms with Crippen LogP contribution in [0.2, 0.25) is 0 Å². The van der Waals surface area contributed by atoms with Gasteiger partial charge in [0.15, 0.2) is 0 Å². The number of carbonyl (C=O) groups is 1. The van der Waals surface area contributed by atoms with Crippen molar-refractivity contribution in [3.8, 4) is 11.8 Å². The maximum atomic E-state index is 11.2. The van der Waals surface area contributed by atoms with Gasteiger partial charge in [-0.3, -0.25) is 0 Å². The Morgan fingerprint density at radius 3 is 2.56 bits per heavy atom. The van der Waals surface area contributed by atoms with Crippen LogP contribution >= 0.6 is 11.3 Å². The molecule has 0 atom stereocenters. The van der Waals surface area contributed by atoms with Gasteiger partial charge in [0, 0.05) is 10.9 Å². The van der Waals surface area contributed by atoms with Crippen LogP contribution in [0.15, 0.2) is 29.6 Å². The second-order valence-electron chi connectivity index (χ2n) is 3.57. The minimum atomic E-state index is -0.343. The van der Waals surface area contributed by atoms with Crippen molar-refractivity contribution in [2.24, 2.45) is 0 Å². The molecular formula is C14H11NO2S. The van der Waals surface area contributed by atoms with E-state index in [1.165, 1.54) is 7.11 Å². The van der Waals surface area contributed by atoms with Crippen LogP contribution in [0.3, 0.4) is 0 Å². The summed E-state index contributed by atoms with van der Waals surface area (Å²) in [4.78, 5) is 15.5. The highest BCUT2D eigenvalue weighted by atomic mass is 32.1. The van der Waals surface area contributed by atoms with Gasteiger partial charge in [0.25, 0.3) is 0 Å². The fraction of sp³-hybridized carbons (Fsp3) is 0.143. The van der Waals surface area contributed by atoms with Gasteiger partial charge in [-0.05, 0) is 37.1 Å². The van der Waals surface area contributed by atoms with Crippen LogP contribution < -0.4 is 0 Å². The number of thiazole rings is 1.